The minimum atomic E-state index is -0.197. The number of hydrogen-bond donors (Lipinski definition) is 1. The molecule has 0 unspecified atom stereocenters. The first-order valence-corrected chi connectivity index (χ1v) is 7.89. The molecule has 1 aromatic rings. The van der Waals surface area contributed by atoms with Gasteiger partial charge in [-0.3, -0.25) is 0 Å². The van der Waals surface area contributed by atoms with E-state index in [0.29, 0.717) is 11.7 Å². The number of rotatable bonds is 3. The maximum Gasteiger partial charge on any atom is 0.318 e. The molecule has 6 nitrogen and oxygen atoms in total. The van der Waals surface area contributed by atoms with Gasteiger partial charge >= 0.3 is 6.03 Å². The summed E-state index contributed by atoms with van der Waals surface area (Å²) in [6.07, 6.45) is 0.733. The second kappa shape index (κ2) is 6.03. The zero-order chi connectivity index (χ0) is 14.8. The van der Waals surface area contributed by atoms with Crippen LogP contribution in [-0.2, 0) is 0 Å². The minimum absolute atomic E-state index is 0.0484. The maximum absolute atomic E-state index is 12.4. The third kappa shape index (κ3) is 3.65. The molecular formula is C13H22N4O2S. The van der Waals surface area contributed by atoms with Gasteiger partial charge in [-0.15, -0.1) is 0 Å². The normalized spacial score (nSPS) is 19.7. The minimum Gasteiger partial charge on any atom is -0.340 e. The topological polar surface area (TPSA) is 71.3 Å². The lowest BCUT2D eigenvalue weighted by molar-refractivity contribution is 0.189. The quantitative estimate of drug-likeness (QED) is 0.927. The molecule has 1 aliphatic heterocycles. The fraction of sp³-hybridized carbons (Fsp3) is 0.769. The van der Waals surface area contributed by atoms with Crippen LogP contribution < -0.4 is 5.32 Å². The second-order valence-corrected chi connectivity index (χ2v) is 7.41. The van der Waals surface area contributed by atoms with E-state index in [9.17, 15) is 4.79 Å². The Labute approximate surface area is 123 Å². The fourth-order valence-corrected chi connectivity index (χ4v) is 3.35. The lowest BCUT2D eigenvalue weighted by Crippen LogP contribution is -2.50. The molecule has 1 saturated heterocycles. The van der Waals surface area contributed by atoms with Gasteiger partial charge in [-0.05, 0) is 20.3 Å². The molecule has 0 saturated carbocycles. The number of nitrogens with one attached hydrogen (secondary N) is 1. The Balaban J connectivity index is 1.99. The molecule has 0 spiro atoms. The summed E-state index contributed by atoms with van der Waals surface area (Å²) in [5.74, 6) is 2.03. The Morgan fingerprint density at radius 1 is 1.60 bits per heavy atom. The second-order valence-electron chi connectivity index (χ2n) is 5.61. The summed E-state index contributed by atoms with van der Waals surface area (Å²) in [6.45, 7) is 9.60. The lowest BCUT2D eigenvalue weighted by Gasteiger charge is -2.37. The molecule has 1 N–H and O–H groups in total. The Hall–Kier alpha value is -1.24. The highest BCUT2D eigenvalue weighted by molar-refractivity contribution is 8.00. The molecule has 112 valence electrons. The van der Waals surface area contributed by atoms with Gasteiger partial charge in [0, 0.05) is 30.5 Å². The van der Waals surface area contributed by atoms with Gasteiger partial charge in [0.05, 0.1) is 6.04 Å². The van der Waals surface area contributed by atoms with Gasteiger partial charge in [-0.2, -0.15) is 16.7 Å². The molecular weight excluding hydrogens is 276 g/mol. The highest BCUT2D eigenvalue weighted by Crippen LogP contribution is 2.29. The fourth-order valence-electron chi connectivity index (χ4n) is 2.24. The SMILES string of the molecule is CC[C@H](NC(=O)N1CCSC(C)(C)C1)c1noc(C)n1. The predicted molar refractivity (Wildman–Crippen MR) is 78.7 cm³/mol. The Morgan fingerprint density at radius 3 is 2.90 bits per heavy atom. The van der Waals surface area contributed by atoms with Gasteiger partial charge in [0.25, 0.3) is 0 Å². The number of thioether (sulfide) groups is 1. The molecule has 1 atom stereocenters. The van der Waals surface area contributed by atoms with Crippen LogP contribution in [0.3, 0.4) is 0 Å². The predicted octanol–water partition coefficient (Wildman–Crippen LogP) is 2.37. The van der Waals surface area contributed by atoms with E-state index in [2.05, 4.69) is 29.3 Å². The van der Waals surface area contributed by atoms with Gasteiger partial charge in [0.15, 0.2) is 5.82 Å². The number of urea groups is 1. The van der Waals surface area contributed by atoms with Crippen molar-refractivity contribution >= 4 is 17.8 Å². The molecule has 20 heavy (non-hydrogen) atoms. The van der Waals surface area contributed by atoms with Crippen molar-refractivity contribution < 1.29 is 9.32 Å². The molecule has 1 aromatic heterocycles. The molecule has 0 radical (unpaired) electrons. The number of aromatic nitrogens is 2. The summed E-state index contributed by atoms with van der Waals surface area (Å²) in [5, 5.41) is 6.89. The van der Waals surface area contributed by atoms with E-state index in [-0.39, 0.29) is 16.8 Å². The Kier molecular flexibility index (Phi) is 4.57. The van der Waals surface area contributed by atoms with Gasteiger partial charge < -0.3 is 14.7 Å². The number of carbonyl (C=O) groups excluding carboxylic acids is 1. The number of nitrogens with zero attached hydrogens (tertiary/aromatic N) is 3. The van der Waals surface area contributed by atoms with Crippen LogP contribution in [0.1, 0.15) is 44.9 Å². The number of amides is 2. The first-order valence-electron chi connectivity index (χ1n) is 6.91. The molecule has 2 rings (SSSR count). The molecule has 2 heterocycles. The zero-order valence-corrected chi connectivity index (χ0v) is 13.3. The van der Waals surface area contributed by atoms with Crippen LogP contribution in [0.15, 0.2) is 4.52 Å². The molecule has 0 bridgehead atoms. The number of hydrogen-bond acceptors (Lipinski definition) is 5. The van der Waals surface area contributed by atoms with Crippen molar-refractivity contribution in [3.63, 3.8) is 0 Å². The van der Waals surface area contributed by atoms with Crippen molar-refractivity contribution in [2.75, 3.05) is 18.8 Å². The zero-order valence-electron chi connectivity index (χ0n) is 12.5. The van der Waals surface area contributed by atoms with Crippen molar-refractivity contribution in [2.24, 2.45) is 0 Å². The Morgan fingerprint density at radius 2 is 2.35 bits per heavy atom. The van der Waals surface area contributed by atoms with Crippen LogP contribution in [0.25, 0.3) is 0 Å². The third-order valence-corrected chi connectivity index (χ3v) is 4.57. The standard InChI is InChI=1S/C13H22N4O2S/c1-5-10(11-14-9(2)19-16-11)15-12(18)17-6-7-20-13(3,4)8-17/h10H,5-8H2,1-4H3,(H,15,18)/t10-/m0/s1. The van der Waals surface area contributed by atoms with Gasteiger partial charge in [-0.25, -0.2) is 4.79 Å². The van der Waals surface area contributed by atoms with Crippen LogP contribution in [0.2, 0.25) is 0 Å². The van der Waals surface area contributed by atoms with Gasteiger partial charge in [-0.1, -0.05) is 12.1 Å². The summed E-state index contributed by atoms with van der Waals surface area (Å²) < 4.78 is 5.09. The molecule has 7 heteroatoms. The van der Waals surface area contributed by atoms with E-state index in [1.54, 1.807) is 6.92 Å². The van der Waals surface area contributed by atoms with Crippen LogP contribution in [0.5, 0.6) is 0 Å². The van der Waals surface area contributed by atoms with E-state index in [1.807, 2.05) is 23.6 Å². The molecule has 2 amide bonds. The van der Waals surface area contributed by atoms with Crippen LogP contribution >= 0.6 is 11.8 Å². The highest BCUT2D eigenvalue weighted by atomic mass is 32.2. The van der Waals surface area contributed by atoms with E-state index >= 15 is 0 Å². The average molecular weight is 298 g/mol. The number of aryl methyl sites for hydroxylation is 1. The first kappa shape index (κ1) is 15.2. The molecule has 1 fully saturated rings. The summed E-state index contributed by atoms with van der Waals surface area (Å²) >= 11 is 1.90. The maximum atomic E-state index is 12.4. The monoisotopic (exact) mass is 298 g/mol. The van der Waals surface area contributed by atoms with Crippen molar-refractivity contribution in [3.05, 3.63) is 11.7 Å². The molecule has 1 aliphatic rings. The largest absolute Gasteiger partial charge is 0.340 e. The molecule has 0 aromatic carbocycles. The van der Waals surface area contributed by atoms with E-state index in [0.717, 1.165) is 25.3 Å². The third-order valence-electron chi connectivity index (χ3n) is 3.27. The smallest absolute Gasteiger partial charge is 0.318 e. The van der Waals surface area contributed by atoms with Crippen molar-refractivity contribution in [1.29, 1.82) is 0 Å². The van der Waals surface area contributed by atoms with Gasteiger partial charge in [0.2, 0.25) is 5.89 Å². The Bertz CT molecular complexity index is 475. The summed E-state index contributed by atoms with van der Waals surface area (Å²) in [6, 6.07) is -0.245. The van der Waals surface area contributed by atoms with Gasteiger partial charge in [0.1, 0.15) is 0 Å². The average Bonchev–Trinajstić information content (AvgIpc) is 2.81. The first-order chi connectivity index (χ1) is 9.41. The summed E-state index contributed by atoms with van der Waals surface area (Å²) in [4.78, 5) is 18.4. The highest BCUT2D eigenvalue weighted by Gasteiger charge is 2.31. The van der Waals surface area contributed by atoms with E-state index in [4.69, 9.17) is 4.52 Å². The van der Waals surface area contributed by atoms with Crippen LogP contribution in [0, 0.1) is 6.92 Å². The van der Waals surface area contributed by atoms with Crippen molar-refractivity contribution in [3.8, 4) is 0 Å². The summed E-state index contributed by atoms with van der Waals surface area (Å²) in [5.41, 5.74) is 0. The lowest BCUT2D eigenvalue weighted by atomic mass is 10.2. The van der Waals surface area contributed by atoms with Crippen LogP contribution in [-0.4, -0.2) is 44.7 Å². The summed E-state index contributed by atoms with van der Waals surface area (Å²) in [7, 11) is 0. The number of carbonyl (C=O) groups is 1. The van der Waals surface area contributed by atoms with Crippen molar-refractivity contribution in [2.45, 2.75) is 44.9 Å². The van der Waals surface area contributed by atoms with Crippen LogP contribution in [0.4, 0.5) is 4.79 Å². The molecule has 0 aliphatic carbocycles. The van der Waals surface area contributed by atoms with E-state index in [1.165, 1.54) is 0 Å². The van der Waals surface area contributed by atoms with Crippen molar-refractivity contribution in [1.82, 2.24) is 20.4 Å². The van der Waals surface area contributed by atoms with E-state index < -0.39 is 0 Å².